The molecular formula is C17H18N4S. The van der Waals surface area contributed by atoms with Crippen LogP contribution in [0.15, 0.2) is 59.0 Å². The van der Waals surface area contributed by atoms with Crippen LogP contribution >= 0.6 is 11.3 Å². The van der Waals surface area contributed by atoms with E-state index in [1.54, 1.807) is 18.4 Å². The SMILES string of the molecule is CN=C(NCc1cccs1)NCc1nccc2ccccc12. The smallest absolute Gasteiger partial charge is 0.191 e. The highest BCUT2D eigenvalue weighted by Crippen LogP contribution is 2.15. The molecule has 2 N–H and O–H groups in total. The third-order valence-electron chi connectivity index (χ3n) is 3.41. The lowest BCUT2D eigenvalue weighted by Gasteiger charge is -2.12. The fourth-order valence-electron chi connectivity index (χ4n) is 2.30. The molecule has 0 saturated heterocycles. The van der Waals surface area contributed by atoms with Crippen LogP contribution in [0.1, 0.15) is 10.6 Å². The summed E-state index contributed by atoms with van der Waals surface area (Å²) in [4.78, 5) is 10.0. The van der Waals surface area contributed by atoms with E-state index in [1.807, 2.05) is 24.4 Å². The molecule has 0 aliphatic heterocycles. The van der Waals surface area contributed by atoms with Crippen LogP contribution in [0.3, 0.4) is 0 Å². The minimum atomic E-state index is 0.644. The van der Waals surface area contributed by atoms with Gasteiger partial charge in [-0.1, -0.05) is 30.3 Å². The van der Waals surface area contributed by atoms with Crippen molar-refractivity contribution >= 4 is 28.1 Å². The summed E-state index contributed by atoms with van der Waals surface area (Å²) in [5, 5.41) is 11.1. The maximum Gasteiger partial charge on any atom is 0.191 e. The maximum atomic E-state index is 4.48. The third-order valence-corrected chi connectivity index (χ3v) is 4.29. The lowest BCUT2D eigenvalue weighted by molar-refractivity contribution is 0.804. The molecule has 4 nitrogen and oxygen atoms in total. The van der Waals surface area contributed by atoms with Crippen molar-refractivity contribution in [2.24, 2.45) is 4.99 Å². The van der Waals surface area contributed by atoms with Crippen molar-refractivity contribution in [2.75, 3.05) is 7.05 Å². The summed E-state index contributed by atoms with van der Waals surface area (Å²) in [5.74, 6) is 0.781. The summed E-state index contributed by atoms with van der Waals surface area (Å²) in [5.41, 5.74) is 1.03. The molecule has 0 aliphatic rings. The van der Waals surface area contributed by atoms with Gasteiger partial charge in [-0.05, 0) is 22.9 Å². The maximum absolute atomic E-state index is 4.48. The molecule has 0 amide bonds. The third kappa shape index (κ3) is 3.43. The second-order valence-corrected chi connectivity index (χ2v) is 5.87. The van der Waals surface area contributed by atoms with Gasteiger partial charge < -0.3 is 10.6 Å². The summed E-state index contributed by atoms with van der Waals surface area (Å²) < 4.78 is 0. The summed E-state index contributed by atoms with van der Waals surface area (Å²) in [7, 11) is 1.78. The summed E-state index contributed by atoms with van der Waals surface area (Å²) in [6, 6.07) is 14.5. The van der Waals surface area contributed by atoms with Crippen LogP contribution in [0.4, 0.5) is 0 Å². The lowest BCUT2D eigenvalue weighted by atomic mass is 10.1. The number of benzene rings is 1. The van der Waals surface area contributed by atoms with E-state index in [1.165, 1.54) is 15.6 Å². The molecule has 0 atom stereocenters. The highest BCUT2D eigenvalue weighted by molar-refractivity contribution is 7.09. The molecule has 3 rings (SSSR count). The number of thiophene rings is 1. The van der Waals surface area contributed by atoms with Crippen LogP contribution < -0.4 is 10.6 Å². The van der Waals surface area contributed by atoms with Crippen LogP contribution in [-0.2, 0) is 13.1 Å². The van der Waals surface area contributed by atoms with Crippen molar-refractivity contribution < 1.29 is 0 Å². The Kier molecular flexibility index (Phi) is 4.65. The lowest BCUT2D eigenvalue weighted by Crippen LogP contribution is -2.36. The number of aromatic nitrogens is 1. The molecule has 5 heteroatoms. The van der Waals surface area contributed by atoms with Gasteiger partial charge in [-0.25, -0.2) is 0 Å². The summed E-state index contributed by atoms with van der Waals surface area (Å²) >= 11 is 1.73. The molecule has 0 fully saturated rings. The highest BCUT2D eigenvalue weighted by Gasteiger charge is 2.04. The van der Waals surface area contributed by atoms with Gasteiger partial charge in [-0.15, -0.1) is 11.3 Å². The number of fused-ring (bicyclic) bond motifs is 1. The molecule has 1 aromatic carbocycles. The molecule has 0 saturated carbocycles. The summed E-state index contributed by atoms with van der Waals surface area (Å²) in [6.07, 6.45) is 1.85. The average molecular weight is 310 g/mol. The largest absolute Gasteiger partial charge is 0.352 e. The first-order chi connectivity index (χ1) is 10.9. The molecule has 0 bridgehead atoms. The van der Waals surface area contributed by atoms with E-state index in [4.69, 9.17) is 0 Å². The Labute approximate surface area is 133 Å². The molecule has 0 unspecified atom stereocenters. The molecule has 0 spiro atoms. The zero-order valence-corrected chi connectivity index (χ0v) is 13.2. The molecule has 22 heavy (non-hydrogen) atoms. The zero-order chi connectivity index (χ0) is 15.2. The highest BCUT2D eigenvalue weighted by atomic mass is 32.1. The fourth-order valence-corrected chi connectivity index (χ4v) is 2.94. The van der Waals surface area contributed by atoms with Crippen molar-refractivity contribution in [2.45, 2.75) is 13.1 Å². The zero-order valence-electron chi connectivity index (χ0n) is 12.4. The van der Waals surface area contributed by atoms with Gasteiger partial charge in [-0.2, -0.15) is 0 Å². The van der Waals surface area contributed by atoms with Gasteiger partial charge in [0.25, 0.3) is 0 Å². The van der Waals surface area contributed by atoms with Crippen molar-refractivity contribution in [3.8, 4) is 0 Å². The quantitative estimate of drug-likeness (QED) is 0.575. The van der Waals surface area contributed by atoms with Crippen molar-refractivity contribution in [3.05, 3.63) is 64.6 Å². The van der Waals surface area contributed by atoms with Crippen molar-refractivity contribution in [1.82, 2.24) is 15.6 Å². The Balaban J connectivity index is 1.64. The molecule has 0 aliphatic carbocycles. The first-order valence-corrected chi connectivity index (χ1v) is 8.04. The standard InChI is InChI=1S/C17H18N4S/c1-18-17(20-11-14-6-4-10-22-14)21-12-16-15-7-3-2-5-13(15)8-9-19-16/h2-10H,11-12H2,1H3,(H2,18,20,21). The van der Waals surface area contributed by atoms with Gasteiger partial charge in [0, 0.05) is 23.5 Å². The molecule has 112 valence electrons. The van der Waals surface area contributed by atoms with Gasteiger partial charge in [0.2, 0.25) is 0 Å². The fraction of sp³-hybridized carbons (Fsp3) is 0.176. The van der Waals surface area contributed by atoms with E-state index in [9.17, 15) is 0 Å². The predicted molar refractivity (Wildman–Crippen MR) is 93.1 cm³/mol. The number of hydrogen-bond donors (Lipinski definition) is 2. The van der Waals surface area contributed by atoms with Crippen LogP contribution in [0, 0.1) is 0 Å². The van der Waals surface area contributed by atoms with Gasteiger partial charge in [0.05, 0.1) is 18.8 Å². The first-order valence-electron chi connectivity index (χ1n) is 7.16. The summed E-state index contributed by atoms with van der Waals surface area (Å²) in [6.45, 7) is 1.42. The molecule has 3 aromatic rings. The van der Waals surface area contributed by atoms with E-state index in [0.717, 1.165) is 18.2 Å². The number of guanidine groups is 1. The number of hydrogen-bond acceptors (Lipinski definition) is 3. The van der Waals surface area contributed by atoms with Gasteiger partial charge in [0.1, 0.15) is 0 Å². The topological polar surface area (TPSA) is 49.3 Å². The van der Waals surface area contributed by atoms with Crippen molar-refractivity contribution in [1.29, 1.82) is 0 Å². The van der Waals surface area contributed by atoms with E-state index in [2.05, 4.69) is 50.3 Å². The number of nitrogens with one attached hydrogen (secondary N) is 2. The van der Waals surface area contributed by atoms with Crippen LogP contribution in [-0.4, -0.2) is 18.0 Å². The molecule has 2 aromatic heterocycles. The predicted octanol–water partition coefficient (Wildman–Crippen LogP) is 3.16. The number of nitrogens with zero attached hydrogens (tertiary/aromatic N) is 2. The van der Waals surface area contributed by atoms with Gasteiger partial charge >= 0.3 is 0 Å². The van der Waals surface area contributed by atoms with E-state index in [-0.39, 0.29) is 0 Å². The average Bonchev–Trinajstić information content (AvgIpc) is 3.08. The Bertz CT molecular complexity index is 760. The van der Waals surface area contributed by atoms with E-state index < -0.39 is 0 Å². The second-order valence-electron chi connectivity index (χ2n) is 4.84. The number of aliphatic imine (C=N–C) groups is 1. The Morgan fingerprint density at radius 1 is 1.09 bits per heavy atom. The normalized spacial score (nSPS) is 11.6. The monoisotopic (exact) mass is 310 g/mol. The molecular weight excluding hydrogens is 292 g/mol. The number of pyridine rings is 1. The number of rotatable bonds is 4. The minimum Gasteiger partial charge on any atom is -0.352 e. The second kappa shape index (κ2) is 7.04. The molecule has 2 heterocycles. The van der Waals surface area contributed by atoms with Gasteiger partial charge in [0.15, 0.2) is 5.96 Å². The van der Waals surface area contributed by atoms with Gasteiger partial charge in [-0.3, -0.25) is 9.98 Å². The van der Waals surface area contributed by atoms with E-state index >= 15 is 0 Å². The first kappa shape index (κ1) is 14.5. The Morgan fingerprint density at radius 3 is 2.77 bits per heavy atom. The van der Waals surface area contributed by atoms with Crippen molar-refractivity contribution in [3.63, 3.8) is 0 Å². The Hall–Kier alpha value is -2.40. The van der Waals surface area contributed by atoms with E-state index in [0.29, 0.717) is 6.54 Å². The van der Waals surface area contributed by atoms with Crippen LogP contribution in [0.25, 0.3) is 10.8 Å². The van der Waals surface area contributed by atoms with Crippen LogP contribution in [0.2, 0.25) is 0 Å². The Morgan fingerprint density at radius 2 is 1.95 bits per heavy atom. The molecule has 0 radical (unpaired) electrons. The minimum absolute atomic E-state index is 0.644. The van der Waals surface area contributed by atoms with Crippen LogP contribution in [0.5, 0.6) is 0 Å².